The molecule has 1 atom stereocenters. The first-order valence-electron chi connectivity index (χ1n) is 4.03. The fraction of sp³-hybridized carbons (Fsp3) is 0.714. The van der Waals surface area contributed by atoms with Crippen molar-refractivity contribution in [2.75, 3.05) is 19.7 Å². The van der Waals surface area contributed by atoms with Crippen LogP contribution in [-0.2, 0) is 14.3 Å². The third kappa shape index (κ3) is 4.44. The number of rotatable bonds is 5. The van der Waals surface area contributed by atoms with Gasteiger partial charge in [0.05, 0.1) is 6.61 Å². The maximum absolute atomic E-state index is 11.0. The topological polar surface area (TPSA) is 107 Å². The van der Waals surface area contributed by atoms with E-state index in [1.165, 1.54) is 0 Å². The summed E-state index contributed by atoms with van der Waals surface area (Å²) in [7, 11) is 0. The van der Waals surface area contributed by atoms with E-state index in [4.69, 9.17) is 11.5 Å². The fourth-order valence-corrected chi connectivity index (χ4v) is 0.644. The molecule has 0 heterocycles. The first-order chi connectivity index (χ1) is 6.13. The minimum absolute atomic E-state index is 0.205. The van der Waals surface area contributed by atoms with Crippen LogP contribution < -0.4 is 16.8 Å². The standard InChI is InChI=1S/C7H15N3O3/c1-2-13-7(12)5(9)6(11)10-4-3-8/h5H,2-4,8-9H2,1H3,(H,10,11). The predicted molar refractivity (Wildman–Crippen MR) is 46.7 cm³/mol. The lowest BCUT2D eigenvalue weighted by molar-refractivity contribution is -0.147. The van der Waals surface area contributed by atoms with Crippen molar-refractivity contribution >= 4 is 11.9 Å². The molecule has 13 heavy (non-hydrogen) atoms. The Morgan fingerprint density at radius 1 is 1.54 bits per heavy atom. The van der Waals surface area contributed by atoms with Crippen molar-refractivity contribution in [3.8, 4) is 0 Å². The van der Waals surface area contributed by atoms with Crippen molar-refractivity contribution in [3.05, 3.63) is 0 Å². The van der Waals surface area contributed by atoms with Crippen molar-refractivity contribution < 1.29 is 14.3 Å². The Kier molecular flexibility index (Phi) is 5.82. The lowest BCUT2D eigenvalue weighted by Gasteiger charge is -2.09. The van der Waals surface area contributed by atoms with E-state index in [1.54, 1.807) is 6.92 Å². The molecule has 0 saturated heterocycles. The zero-order valence-corrected chi connectivity index (χ0v) is 7.58. The second kappa shape index (κ2) is 6.38. The van der Waals surface area contributed by atoms with Gasteiger partial charge in [-0.15, -0.1) is 0 Å². The highest BCUT2D eigenvalue weighted by Gasteiger charge is 2.22. The van der Waals surface area contributed by atoms with Gasteiger partial charge in [0.25, 0.3) is 0 Å². The van der Waals surface area contributed by atoms with Crippen LogP contribution in [-0.4, -0.2) is 37.6 Å². The lowest BCUT2D eigenvalue weighted by atomic mass is 10.3. The normalized spacial score (nSPS) is 11.9. The fourth-order valence-electron chi connectivity index (χ4n) is 0.644. The van der Waals surface area contributed by atoms with Gasteiger partial charge >= 0.3 is 5.97 Å². The third-order valence-corrected chi connectivity index (χ3v) is 1.27. The summed E-state index contributed by atoms with van der Waals surface area (Å²) in [4.78, 5) is 21.9. The number of nitrogens with two attached hydrogens (primary N) is 2. The Bertz CT molecular complexity index is 184. The van der Waals surface area contributed by atoms with Crippen LogP contribution in [0.5, 0.6) is 0 Å². The molecule has 6 heteroatoms. The summed E-state index contributed by atoms with van der Waals surface area (Å²) in [5, 5.41) is 2.38. The molecule has 0 spiro atoms. The quantitative estimate of drug-likeness (QED) is 0.341. The third-order valence-electron chi connectivity index (χ3n) is 1.27. The highest BCUT2D eigenvalue weighted by atomic mass is 16.5. The summed E-state index contributed by atoms with van der Waals surface area (Å²) in [6, 6.07) is -1.26. The van der Waals surface area contributed by atoms with Gasteiger partial charge in [-0.05, 0) is 6.92 Å². The van der Waals surface area contributed by atoms with Gasteiger partial charge in [-0.2, -0.15) is 0 Å². The number of carbonyl (C=O) groups is 2. The number of carbonyl (C=O) groups excluding carboxylic acids is 2. The van der Waals surface area contributed by atoms with Gasteiger partial charge in [-0.25, -0.2) is 4.79 Å². The first-order valence-corrected chi connectivity index (χ1v) is 4.03. The molecule has 0 saturated carbocycles. The van der Waals surface area contributed by atoms with Crippen LogP contribution in [0.2, 0.25) is 0 Å². The lowest BCUT2D eigenvalue weighted by Crippen LogP contribution is -2.47. The number of ether oxygens (including phenoxy) is 1. The van der Waals surface area contributed by atoms with E-state index in [0.29, 0.717) is 13.1 Å². The Morgan fingerprint density at radius 2 is 2.15 bits per heavy atom. The second-order valence-corrected chi connectivity index (χ2v) is 2.31. The Balaban J connectivity index is 3.87. The molecular formula is C7H15N3O3. The van der Waals surface area contributed by atoms with Crippen molar-refractivity contribution in [1.82, 2.24) is 5.32 Å². The molecule has 76 valence electrons. The average Bonchev–Trinajstić information content (AvgIpc) is 2.13. The zero-order valence-electron chi connectivity index (χ0n) is 7.58. The molecule has 0 radical (unpaired) electrons. The molecule has 0 rings (SSSR count). The highest BCUT2D eigenvalue weighted by molar-refractivity contribution is 6.01. The number of esters is 1. The van der Waals surface area contributed by atoms with Crippen LogP contribution in [0.4, 0.5) is 0 Å². The predicted octanol–water partition coefficient (Wildman–Crippen LogP) is -2.05. The average molecular weight is 189 g/mol. The first kappa shape index (κ1) is 11.9. The van der Waals surface area contributed by atoms with E-state index in [-0.39, 0.29) is 6.61 Å². The van der Waals surface area contributed by atoms with Crippen molar-refractivity contribution in [2.45, 2.75) is 13.0 Å². The Morgan fingerprint density at radius 3 is 2.62 bits per heavy atom. The summed E-state index contributed by atoms with van der Waals surface area (Å²) in [5.41, 5.74) is 10.4. The summed E-state index contributed by atoms with van der Waals surface area (Å²) < 4.78 is 4.55. The maximum atomic E-state index is 11.0. The number of nitrogens with one attached hydrogen (secondary N) is 1. The smallest absolute Gasteiger partial charge is 0.332 e. The molecule has 0 aliphatic heterocycles. The van der Waals surface area contributed by atoms with Crippen molar-refractivity contribution in [3.63, 3.8) is 0 Å². The largest absolute Gasteiger partial charge is 0.464 e. The van der Waals surface area contributed by atoms with E-state index in [2.05, 4.69) is 10.1 Å². The van der Waals surface area contributed by atoms with E-state index in [1.807, 2.05) is 0 Å². The number of amides is 1. The maximum Gasteiger partial charge on any atom is 0.332 e. The molecular weight excluding hydrogens is 174 g/mol. The van der Waals surface area contributed by atoms with Crippen LogP contribution in [0.25, 0.3) is 0 Å². The van der Waals surface area contributed by atoms with Crippen molar-refractivity contribution in [1.29, 1.82) is 0 Å². The highest BCUT2D eigenvalue weighted by Crippen LogP contribution is 1.85. The summed E-state index contributed by atoms with van der Waals surface area (Å²) in [6.45, 7) is 2.45. The molecule has 6 nitrogen and oxygen atoms in total. The number of hydrogen-bond acceptors (Lipinski definition) is 5. The van der Waals surface area contributed by atoms with Gasteiger partial charge in [0.2, 0.25) is 5.91 Å². The summed E-state index contributed by atoms with van der Waals surface area (Å²) in [6.07, 6.45) is 0. The molecule has 0 bridgehead atoms. The summed E-state index contributed by atoms with van der Waals surface area (Å²) >= 11 is 0. The van der Waals surface area contributed by atoms with Crippen LogP contribution in [0.1, 0.15) is 6.92 Å². The molecule has 0 aromatic carbocycles. The number of hydrogen-bond donors (Lipinski definition) is 3. The van der Waals surface area contributed by atoms with E-state index in [9.17, 15) is 9.59 Å². The molecule has 0 aliphatic carbocycles. The molecule has 1 unspecified atom stereocenters. The minimum Gasteiger partial charge on any atom is -0.464 e. The van der Waals surface area contributed by atoms with E-state index in [0.717, 1.165) is 0 Å². The van der Waals surface area contributed by atoms with E-state index >= 15 is 0 Å². The summed E-state index contributed by atoms with van der Waals surface area (Å²) in [5.74, 6) is -1.29. The Labute approximate surface area is 76.6 Å². The van der Waals surface area contributed by atoms with Gasteiger partial charge in [0.1, 0.15) is 0 Å². The minimum atomic E-state index is -1.26. The molecule has 0 fully saturated rings. The van der Waals surface area contributed by atoms with Gasteiger partial charge in [-0.3, -0.25) is 4.79 Å². The molecule has 0 aromatic rings. The van der Waals surface area contributed by atoms with Gasteiger partial charge in [0.15, 0.2) is 6.04 Å². The van der Waals surface area contributed by atoms with Crippen LogP contribution >= 0.6 is 0 Å². The molecule has 1 amide bonds. The molecule has 5 N–H and O–H groups in total. The Hall–Kier alpha value is -1.14. The van der Waals surface area contributed by atoms with E-state index < -0.39 is 17.9 Å². The zero-order chi connectivity index (χ0) is 10.3. The second-order valence-electron chi connectivity index (χ2n) is 2.31. The monoisotopic (exact) mass is 189 g/mol. The van der Waals surface area contributed by atoms with Gasteiger partial charge in [0, 0.05) is 13.1 Å². The van der Waals surface area contributed by atoms with Crippen LogP contribution in [0.15, 0.2) is 0 Å². The molecule has 0 aliphatic rings. The molecule has 0 aromatic heterocycles. The van der Waals surface area contributed by atoms with Crippen LogP contribution in [0.3, 0.4) is 0 Å². The van der Waals surface area contributed by atoms with Crippen LogP contribution in [0, 0.1) is 0 Å². The van der Waals surface area contributed by atoms with Gasteiger partial charge in [-0.1, -0.05) is 0 Å². The van der Waals surface area contributed by atoms with Crippen molar-refractivity contribution in [2.24, 2.45) is 11.5 Å². The van der Waals surface area contributed by atoms with Gasteiger partial charge < -0.3 is 21.5 Å². The SMILES string of the molecule is CCOC(=O)C(N)C(=O)NCCN.